The second-order valence-electron chi connectivity index (χ2n) is 4.83. The zero-order valence-electron chi connectivity index (χ0n) is 10.7. The molecular formula is C18H12O2. The van der Waals surface area contributed by atoms with E-state index in [-0.39, 0.29) is 5.75 Å². The molecule has 0 bridgehead atoms. The number of aromatic hydroxyl groups is 1. The Hall–Kier alpha value is -2.74. The lowest BCUT2D eigenvalue weighted by molar-refractivity contribution is 0.476. The summed E-state index contributed by atoms with van der Waals surface area (Å²) in [5, 5.41) is 11.6. The third kappa shape index (κ3) is 1.58. The largest absolute Gasteiger partial charge is 0.508 e. The van der Waals surface area contributed by atoms with E-state index in [1.165, 1.54) is 0 Å². The van der Waals surface area contributed by atoms with Gasteiger partial charge < -0.3 is 9.52 Å². The first-order valence-electron chi connectivity index (χ1n) is 6.52. The predicted molar refractivity (Wildman–Crippen MR) is 80.8 cm³/mol. The highest BCUT2D eigenvalue weighted by Crippen LogP contribution is 2.36. The fourth-order valence-electron chi connectivity index (χ4n) is 2.63. The highest BCUT2D eigenvalue weighted by Gasteiger charge is 2.11. The van der Waals surface area contributed by atoms with Gasteiger partial charge in [-0.3, -0.25) is 0 Å². The molecule has 0 amide bonds. The molecule has 1 aromatic heterocycles. The van der Waals surface area contributed by atoms with Crippen molar-refractivity contribution in [1.29, 1.82) is 0 Å². The number of para-hydroxylation sites is 1. The smallest absolute Gasteiger partial charge is 0.143 e. The van der Waals surface area contributed by atoms with Gasteiger partial charge in [-0.05, 0) is 23.8 Å². The monoisotopic (exact) mass is 260 g/mol. The Bertz CT molecular complexity index is 905. The van der Waals surface area contributed by atoms with Gasteiger partial charge in [0.2, 0.25) is 0 Å². The molecule has 0 aliphatic heterocycles. The molecule has 96 valence electrons. The lowest BCUT2D eigenvalue weighted by atomic mass is 10.0. The van der Waals surface area contributed by atoms with Crippen LogP contribution in [0.2, 0.25) is 0 Å². The van der Waals surface area contributed by atoms with Gasteiger partial charge in [0.05, 0.1) is 0 Å². The van der Waals surface area contributed by atoms with Crippen molar-refractivity contribution in [2.24, 2.45) is 0 Å². The highest BCUT2D eigenvalue weighted by molar-refractivity contribution is 6.09. The second-order valence-corrected chi connectivity index (χ2v) is 4.83. The molecule has 0 radical (unpaired) electrons. The van der Waals surface area contributed by atoms with Crippen LogP contribution < -0.4 is 0 Å². The van der Waals surface area contributed by atoms with E-state index in [9.17, 15) is 5.11 Å². The Morgan fingerprint density at radius 1 is 0.750 bits per heavy atom. The molecular weight excluding hydrogens is 248 g/mol. The molecule has 20 heavy (non-hydrogen) atoms. The summed E-state index contributed by atoms with van der Waals surface area (Å²) in [5.41, 5.74) is 3.85. The first-order valence-corrected chi connectivity index (χ1v) is 6.52. The Balaban J connectivity index is 2.11. The first kappa shape index (κ1) is 11.1. The maximum Gasteiger partial charge on any atom is 0.143 e. The molecule has 4 aromatic rings. The fourth-order valence-corrected chi connectivity index (χ4v) is 2.63. The maximum atomic E-state index is 9.65. The summed E-state index contributed by atoms with van der Waals surface area (Å²) in [6.45, 7) is 0. The van der Waals surface area contributed by atoms with Crippen LogP contribution in [0.1, 0.15) is 0 Å². The van der Waals surface area contributed by atoms with Crippen molar-refractivity contribution < 1.29 is 9.52 Å². The van der Waals surface area contributed by atoms with Gasteiger partial charge in [-0.25, -0.2) is 0 Å². The quantitative estimate of drug-likeness (QED) is 0.525. The number of furan rings is 1. The van der Waals surface area contributed by atoms with Crippen molar-refractivity contribution >= 4 is 21.9 Å². The zero-order chi connectivity index (χ0) is 13.5. The number of hydrogen-bond acceptors (Lipinski definition) is 2. The van der Waals surface area contributed by atoms with E-state index < -0.39 is 0 Å². The van der Waals surface area contributed by atoms with Crippen LogP contribution in [0.25, 0.3) is 33.1 Å². The van der Waals surface area contributed by atoms with Gasteiger partial charge in [0.15, 0.2) is 0 Å². The number of fused-ring (bicyclic) bond motifs is 3. The van der Waals surface area contributed by atoms with E-state index in [1.807, 2.05) is 30.3 Å². The van der Waals surface area contributed by atoms with Crippen molar-refractivity contribution in [2.45, 2.75) is 0 Å². The van der Waals surface area contributed by atoms with Crippen molar-refractivity contribution in [3.63, 3.8) is 0 Å². The van der Waals surface area contributed by atoms with Crippen LogP contribution in [0, 0.1) is 0 Å². The van der Waals surface area contributed by atoms with Gasteiger partial charge in [-0.1, -0.05) is 48.5 Å². The summed E-state index contributed by atoms with van der Waals surface area (Å²) < 4.78 is 5.98. The Morgan fingerprint density at radius 3 is 2.45 bits per heavy atom. The minimum Gasteiger partial charge on any atom is -0.508 e. The summed E-state index contributed by atoms with van der Waals surface area (Å²) >= 11 is 0. The van der Waals surface area contributed by atoms with E-state index in [2.05, 4.69) is 18.2 Å². The molecule has 0 unspecified atom stereocenters. The van der Waals surface area contributed by atoms with Gasteiger partial charge >= 0.3 is 0 Å². The Kier molecular flexibility index (Phi) is 2.30. The molecule has 0 aliphatic rings. The Labute approximate surface area is 115 Å². The fraction of sp³-hybridized carbons (Fsp3) is 0. The van der Waals surface area contributed by atoms with Crippen LogP contribution in [0.5, 0.6) is 5.75 Å². The summed E-state index contributed by atoms with van der Waals surface area (Å²) in [5.74, 6) is 0.255. The van der Waals surface area contributed by atoms with Gasteiger partial charge in [0, 0.05) is 16.3 Å². The molecule has 2 nitrogen and oxygen atoms in total. The lowest BCUT2D eigenvalue weighted by Gasteiger charge is -2.01. The van der Waals surface area contributed by atoms with Crippen molar-refractivity contribution in [3.05, 3.63) is 66.7 Å². The predicted octanol–water partition coefficient (Wildman–Crippen LogP) is 4.96. The molecule has 0 saturated heterocycles. The van der Waals surface area contributed by atoms with Crippen LogP contribution >= 0.6 is 0 Å². The molecule has 0 saturated carbocycles. The topological polar surface area (TPSA) is 33.4 Å². The zero-order valence-corrected chi connectivity index (χ0v) is 10.7. The summed E-state index contributed by atoms with van der Waals surface area (Å²) in [6.07, 6.45) is 0. The number of phenolic OH excluding ortho intramolecular Hbond substituents is 1. The van der Waals surface area contributed by atoms with E-state index in [1.54, 1.807) is 18.2 Å². The van der Waals surface area contributed by atoms with Gasteiger partial charge in [-0.2, -0.15) is 0 Å². The van der Waals surface area contributed by atoms with E-state index in [0.29, 0.717) is 0 Å². The van der Waals surface area contributed by atoms with Crippen molar-refractivity contribution in [1.82, 2.24) is 0 Å². The van der Waals surface area contributed by atoms with E-state index in [0.717, 1.165) is 33.1 Å². The normalized spacial score (nSPS) is 11.2. The average Bonchev–Trinajstić information content (AvgIpc) is 2.86. The van der Waals surface area contributed by atoms with Gasteiger partial charge in [0.25, 0.3) is 0 Å². The lowest BCUT2D eigenvalue weighted by Crippen LogP contribution is -1.77. The highest BCUT2D eigenvalue weighted by atomic mass is 16.3. The standard InChI is InChI=1S/C18H12O2/c19-13-9-10-17-16(11-13)15-8-4-7-14(18(15)20-17)12-5-2-1-3-6-12/h1-11,19H. The summed E-state index contributed by atoms with van der Waals surface area (Å²) in [4.78, 5) is 0. The number of hydrogen-bond donors (Lipinski definition) is 1. The molecule has 1 N–H and O–H groups in total. The minimum absolute atomic E-state index is 0.255. The van der Waals surface area contributed by atoms with E-state index >= 15 is 0 Å². The summed E-state index contributed by atoms with van der Waals surface area (Å²) in [7, 11) is 0. The molecule has 1 heterocycles. The van der Waals surface area contributed by atoms with Crippen LogP contribution in [0.15, 0.2) is 71.1 Å². The first-order chi connectivity index (χ1) is 9.83. The molecule has 0 spiro atoms. The molecule has 0 atom stereocenters. The third-order valence-electron chi connectivity index (χ3n) is 3.57. The van der Waals surface area contributed by atoms with Crippen molar-refractivity contribution in [3.8, 4) is 16.9 Å². The molecule has 3 aromatic carbocycles. The Morgan fingerprint density at radius 2 is 1.60 bits per heavy atom. The number of rotatable bonds is 1. The minimum atomic E-state index is 0.255. The van der Waals surface area contributed by atoms with Crippen LogP contribution in [0.3, 0.4) is 0 Å². The molecule has 0 aliphatic carbocycles. The van der Waals surface area contributed by atoms with Gasteiger partial charge in [0.1, 0.15) is 16.9 Å². The van der Waals surface area contributed by atoms with Gasteiger partial charge in [-0.15, -0.1) is 0 Å². The number of benzene rings is 3. The van der Waals surface area contributed by atoms with Crippen LogP contribution in [0.4, 0.5) is 0 Å². The summed E-state index contributed by atoms with van der Waals surface area (Å²) in [6, 6.07) is 21.5. The number of phenols is 1. The molecule has 0 fully saturated rings. The van der Waals surface area contributed by atoms with Crippen molar-refractivity contribution in [2.75, 3.05) is 0 Å². The maximum absolute atomic E-state index is 9.65. The third-order valence-corrected chi connectivity index (χ3v) is 3.57. The molecule has 2 heteroatoms. The van der Waals surface area contributed by atoms with E-state index in [4.69, 9.17) is 4.42 Å². The SMILES string of the molecule is Oc1ccc2oc3c(-c4ccccc4)cccc3c2c1. The van der Waals surface area contributed by atoms with Crippen LogP contribution in [-0.2, 0) is 0 Å². The van der Waals surface area contributed by atoms with Crippen LogP contribution in [-0.4, -0.2) is 5.11 Å². The average molecular weight is 260 g/mol. The second kappa shape index (κ2) is 4.14. The molecule has 4 rings (SSSR count).